The standard InChI is InChI=1S/C19H20ClN3O3S/c1-13(2)23(3)27(25,26)16-8-9-18(20)17(12-16)19(24)22-15-6-4-14(5-7-15)10-11-21/h4-9,12-13H,10H2,1-3H3,(H,22,24). The van der Waals surface area contributed by atoms with E-state index in [9.17, 15) is 13.2 Å². The van der Waals surface area contributed by atoms with Gasteiger partial charge in [-0.25, -0.2) is 8.42 Å². The number of carbonyl (C=O) groups excluding carboxylic acids is 1. The number of nitrogens with one attached hydrogen (secondary N) is 1. The summed E-state index contributed by atoms with van der Waals surface area (Å²) in [7, 11) is -2.25. The third-order valence-corrected chi connectivity index (χ3v) is 6.44. The van der Waals surface area contributed by atoms with Crippen LogP contribution in [0.1, 0.15) is 29.8 Å². The normalized spacial score (nSPS) is 11.4. The molecule has 0 radical (unpaired) electrons. The van der Waals surface area contributed by atoms with Crippen molar-refractivity contribution in [1.82, 2.24) is 4.31 Å². The summed E-state index contributed by atoms with van der Waals surface area (Å²) in [6.07, 6.45) is 0.281. The zero-order valence-corrected chi connectivity index (χ0v) is 16.8. The summed E-state index contributed by atoms with van der Waals surface area (Å²) in [6.45, 7) is 3.52. The van der Waals surface area contributed by atoms with E-state index in [0.717, 1.165) is 5.56 Å². The van der Waals surface area contributed by atoms with Crippen LogP contribution in [0.15, 0.2) is 47.4 Å². The molecule has 0 aliphatic carbocycles. The quantitative estimate of drug-likeness (QED) is 0.793. The van der Waals surface area contributed by atoms with Gasteiger partial charge in [-0.05, 0) is 49.7 Å². The second-order valence-electron chi connectivity index (χ2n) is 6.24. The van der Waals surface area contributed by atoms with Gasteiger partial charge in [-0.15, -0.1) is 0 Å². The molecule has 8 heteroatoms. The fourth-order valence-corrected chi connectivity index (χ4v) is 3.88. The summed E-state index contributed by atoms with van der Waals surface area (Å²) in [4.78, 5) is 12.6. The Hall–Kier alpha value is -2.40. The zero-order valence-electron chi connectivity index (χ0n) is 15.2. The molecule has 27 heavy (non-hydrogen) atoms. The van der Waals surface area contributed by atoms with Gasteiger partial charge in [0, 0.05) is 18.8 Å². The van der Waals surface area contributed by atoms with Crippen LogP contribution in [0.5, 0.6) is 0 Å². The Kier molecular flexibility index (Phi) is 6.60. The first-order valence-electron chi connectivity index (χ1n) is 8.21. The van der Waals surface area contributed by atoms with Crippen LogP contribution in [-0.2, 0) is 16.4 Å². The first kappa shape index (κ1) is 20.9. The Balaban J connectivity index is 2.30. The number of benzene rings is 2. The predicted octanol–water partition coefficient (Wildman–Crippen LogP) is 3.69. The summed E-state index contributed by atoms with van der Waals surface area (Å²) in [5.74, 6) is -0.516. The number of halogens is 1. The maximum absolute atomic E-state index is 12.6. The van der Waals surface area contributed by atoms with Gasteiger partial charge in [0.15, 0.2) is 0 Å². The van der Waals surface area contributed by atoms with Crippen LogP contribution in [0.25, 0.3) is 0 Å². The van der Waals surface area contributed by atoms with Gasteiger partial charge in [-0.2, -0.15) is 9.57 Å². The Bertz CT molecular complexity index is 980. The highest BCUT2D eigenvalue weighted by atomic mass is 35.5. The predicted molar refractivity (Wildman–Crippen MR) is 105 cm³/mol. The molecule has 2 aromatic rings. The highest BCUT2D eigenvalue weighted by molar-refractivity contribution is 7.89. The van der Waals surface area contributed by atoms with Gasteiger partial charge in [-0.3, -0.25) is 4.79 Å². The number of carbonyl (C=O) groups is 1. The van der Waals surface area contributed by atoms with E-state index in [4.69, 9.17) is 16.9 Å². The van der Waals surface area contributed by atoms with Crippen molar-refractivity contribution in [2.24, 2.45) is 0 Å². The molecule has 142 valence electrons. The Labute approximate surface area is 164 Å². The minimum atomic E-state index is -3.73. The van der Waals surface area contributed by atoms with E-state index in [0.29, 0.717) is 5.69 Å². The van der Waals surface area contributed by atoms with Crippen molar-refractivity contribution in [2.75, 3.05) is 12.4 Å². The number of hydrogen-bond donors (Lipinski definition) is 1. The van der Waals surface area contributed by atoms with Crippen molar-refractivity contribution < 1.29 is 13.2 Å². The van der Waals surface area contributed by atoms with E-state index < -0.39 is 15.9 Å². The van der Waals surface area contributed by atoms with Crippen LogP contribution in [-0.4, -0.2) is 31.7 Å². The molecule has 0 spiro atoms. The van der Waals surface area contributed by atoms with Crippen LogP contribution >= 0.6 is 11.6 Å². The SMILES string of the molecule is CC(C)N(C)S(=O)(=O)c1ccc(Cl)c(C(=O)Nc2ccc(CC#N)cc2)c1. The van der Waals surface area contributed by atoms with Crippen LogP contribution in [0.2, 0.25) is 5.02 Å². The maximum Gasteiger partial charge on any atom is 0.257 e. The summed E-state index contributed by atoms with van der Waals surface area (Å²) in [5, 5.41) is 11.5. The molecule has 0 aliphatic heterocycles. The van der Waals surface area contributed by atoms with Gasteiger partial charge in [-0.1, -0.05) is 23.7 Å². The fourth-order valence-electron chi connectivity index (χ4n) is 2.28. The van der Waals surface area contributed by atoms with Crippen LogP contribution in [0, 0.1) is 11.3 Å². The molecule has 0 fully saturated rings. The van der Waals surface area contributed by atoms with Gasteiger partial charge in [0.05, 0.1) is 28.0 Å². The Morgan fingerprint density at radius 2 is 1.85 bits per heavy atom. The third kappa shape index (κ3) is 4.86. The first-order valence-corrected chi connectivity index (χ1v) is 10.0. The molecular weight excluding hydrogens is 386 g/mol. The van der Waals surface area contributed by atoms with Gasteiger partial charge in [0.1, 0.15) is 0 Å². The minimum Gasteiger partial charge on any atom is -0.322 e. The topological polar surface area (TPSA) is 90.3 Å². The monoisotopic (exact) mass is 405 g/mol. The Morgan fingerprint density at radius 3 is 2.41 bits per heavy atom. The molecule has 6 nitrogen and oxygen atoms in total. The Morgan fingerprint density at radius 1 is 1.22 bits per heavy atom. The maximum atomic E-state index is 12.6. The highest BCUT2D eigenvalue weighted by Gasteiger charge is 2.25. The average molecular weight is 406 g/mol. The van der Waals surface area contributed by atoms with E-state index in [1.807, 2.05) is 6.07 Å². The lowest BCUT2D eigenvalue weighted by molar-refractivity contribution is 0.102. The third-order valence-electron chi connectivity index (χ3n) is 4.08. The molecule has 0 unspecified atom stereocenters. The van der Waals surface area contributed by atoms with E-state index in [2.05, 4.69) is 5.32 Å². The van der Waals surface area contributed by atoms with Gasteiger partial charge in [0.2, 0.25) is 10.0 Å². The van der Waals surface area contributed by atoms with E-state index in [1.54, 1.807) is 38.1 Å². The molecule has 0 heterocycles. The molecule has 0 atom stereocenters. The lowest BCUT2D eigenvalue weighted by Crippen LogP contribution is -2.33. The van der Waals surface area contributed by atoms with Crippen molar-refractivity contribution in [3.05, 3.63) is 58.6 Å². The van der Waals surface area contributed by atoms with Crippen LogP contribution in [0.4, 0.5) is 5.69 Å². The number of nitrogens with zero attached hydrogens (tertiary/aromatic N) is 2. The van der Waals surface area contributed by atoms with Crippen molar-refractivity contribution in [1.29, 1.82) is 5.26 Å². The van der Waals surface area contributed by atoms with Crippen molar-refractivity contribution in [3.63, 3.8) is 0 Å². The first-order chi connectivity index (χ1) is 12.7. The van der Waals surface area contributed by atoms with Crippen LogP contribution < -0.4 is 5.32 Å². The number of amides is 1. The highest BCUT2D eigenvalue weighted by Crippen LogP contribution is 2.24. The lowest BCUT2D eigenvalue weighted by Gasteiger charge is -2.21. The molecule has 0 aromatic heterocycles. The van der Waals surface area contributed by atoms with E-state index in [1.165, 1.54) is 29.6 Å². The number of anilines is 1. The number of rotatable bonds is 6. The van der Waals surface area contributed by atoms with Crippen molar-refractivity contribution >= 4 is 33.2 Å². The fraction of sp³-hybridized carbons (Fsp3) is 0.263. The number of nitriles is 1. The summed E-state index contributed by atoms with van der Waals surface area (Å²) in [6, 6.07) is 12.7. The van der Waals surface area contributed by atoms with E-state index >= 15 is 0 Å². The van der Waals surface area contributed by atoms with Crippen molar-refractivity contribution in [2.45, 2.75) is 31.2 Å². The van der Waals surface area contributed by atoms with Gasteiger partial charge in [0.25, 0.3) is 5.91 Å². The molecule has 1 amide bonds. The molecule has 0 saturated heterocycles. The molecule has 2 rings (SSSR count). The molecule has 0 bridgehead atoms. The molecule has 2 aromatic carbocycles. The lowest BCUT2D eigenvalue weighted by atomic mass is 10.1. The zero-order chi connectivity index (χ0) is 20.2. The number of hydrogen-bond acceptors (Lipinski definition) is 4. The van der Waals surface area contributed by atoms with Gasteiger partial charge < -0.3 is 5.32 Å². The molecule has 1 N–H and O–H groups in total. The summed E-state index contributed by atoms with van der Waals surface area (Å²) in [5.41, 5.74) is 1.42. The van der Waals surface area contributed by atoms with E-state index in [-0.39, 0.29) is 27.9 Å². The van der Waals surface area contributed by atoms with Gasteiger partial charge >= 0.3 is 0 Å². The largest absolute Gasteiger partial charge is 0.322 e. The second-order valence-corrected chi connectivity index (χ2v) is 8.65. The average Bonchev–Trinajstić information content (AvgIpc) is 2.62. The summed E-state index contributed by atoms with van der Waals surface area (Å²) >= 11 is 6.11. The summed E-state index contributed by atoms with van der Waals surface area (Å²) < 4.78 is 26.5. The van der Waals surface area contributed by atoms with Crippen LogP contribution in [0.3, 0.4) is 0 Å². The number of sulfonamides is 1. The smallest absolute Gasteiger partial charge is 0.257 e. The molecule has 0 aliphatic rings. The minimum absolute atomic E-state index is 0.00221. The second kappa shape index (κ2) is 8.53. The van der Waals surface area contributed by atoms with Crippen molar-refractivity contribution in [3.8, 4) is 6.07 Å². The molecule has 0 saturated carbocycles. The molecular formula is C19H20ClN3O3S.